The van der Waals surface area contributed by atoms with Crippen molar-refractivity contribution in [3.8, 4) is 5.75 Å². The van der Waals surface area contributed by atoms with Crippen molar-refractivity contribution in [2.75, 3.05) is 7.11 Å². The molecule has 0 aliphatic heterocycles. The van der Waals surface area contributed by atoms with E-state index in [0.29, 0.717) is 6.08 Å². The van der Waals surface area contributed by atoms with Crippen molar-refractivity contribution < 1.29 is 29.5 Å². The number of benzene rings is 1. The molecule has 1 rings (SSSR count). The number of aliphatic carboxylic acids is 2. The zero-order valence-electron chi connectivity index (χ0n) is 9.61. The van der Waals surface area contributed by atoms with Crippen molar-refractivity contribution >= 4 is 23.7 Å². The van der Waals surface area contributed by atoms with E-state index in [1.165, 1.54) is 25.3 Å². The Kier molecular flexibility index (Phi) is 4.19. The average molecular weight is 265 g/mol. The van der Waals surface area contributed by atoms with Crippen molar-refractivity contribution in [2.45, 2.75) is 0 Å². The molecule has 0 saturated heterocycles. The number of hydrogen-bond acceptors (Lipinski definition) is 7. The maximum atomic E-state index is 10.9. The molecular weight excluding hydrogens is 258 g/mol. The molecule has 8 heteroatoms. The Morgan fingerprint density at radius 2 is 1.84 bits per heavy atom. The van der Waals surface area contributed by atoms with Gasteiger partial charge in [0.15, 0.2) is 5.75 Å². The van der Waals surface area contributed by atoms with Gasteiger partial charge in [0, 0.05) is 5.57 Å². The van der Waals surface area contributed by atoms with Gasteiger partial charge in [-0.2, -0.15) is 0 Å². The second-order valence-electron chi connectivity index (χ2n) is 3.29. The molecule has 0 heterocycles. The van der Waals surface area contributed by atoms with Crippen molar-refractivity contribution in [2.24, 2.45) is 0 Å². The fourth-order valence-electron chi connectivity index (χ4n) is 1.37. The van der Waals surface area contributed by atoms with Crippen LogP contribution in [0.5, 0.6) is 5.75 Å². The second kappa shape index (κ2) is 5.63. The van der Waals surface area contributed by atoms with E-state index in [1.54, 1.807) is 0 Å². The maximum absolute atomic E-state index is 10.9. The van der Waals surface area contributed by atoms with Crippen LogP contribution in [0.15, 0.2) is 23.8 Å². The number of carbonyl (C=O) groups is 2. The van der Waals surface area contributed by atoms with Gasteiger partial charge in [-0.1, -0.05) is 6.07 Å². The molecule has 0 saturated carbocycles. The molecule has 0 bridgehead atoms. The summed E-state index contributed by atoms with van der Waals surface area (Å²) in [6.07, 6.45) is 0.589. The van der Waals surface area contributed by atoms with Crippen molar-refractivity contribution in [1.82, 2.24) is 0 Å². The van der Waals surface area contributed by atoms with Crippen molar-refractivity contribution in [3.05, 3.63) is 39.4 Å². The summed E-state index contributed by atoms with van der Waals surface area (Å²) in [6.45, 7) is 0. The third-order valence-electron chi connectivity index (χ3n) is 2.17. The third kappa shape index (κ3) is 3.06. The number of hydrogen-bond donors (Lipinski definition) is 0. The van der Waals surface area contributed by atoms with E-state index in [9.17, 15) is 29.9 Å². The van der Waals surface area contributed by atoms with Crippen LogP contribution in [-0.4, -0.2) is 24.0 Å². The van der Waals surface area contributed by atoms with Gasteiger partial charge in [-0.25, -0.2) is 0 Å². The molecule has 0 spiro atoms. The van der Waals surface area contributed by atoms with Crippen LogP contribution in [0.3, 0.4) is 0 Å². The molecule has 8 nitrogen and oxygen atoms in total. The molecule has 0 fully saturated rings. The molecule has 1 aromatic rings. The minimum atomic E-state index is -2.00. The van der Waals surface area contributed by atoms with Crippen molar-refractivity contribution in [1.29, 1.82) is 0 Å². The first-order valence-electron chi connectivity index (χ1n) is 4.84. The summed E-state index contributed by atoms with van der Waals surface area (Å²) in [5.74, 6) is -4.14. The van der Waals surface area contributed by atoms with E-state index in [0.717, 1.165) is 0 Å². The Hall–Kier alpha value is -2.90. The fourth-order valence-corrected chi connectivity index (χ4v) is 1.37. The number of para-hydroxylation sites is 1. The van der Waals surface area contributed by atoms with Crippen LogP contribution in [0.1, 0.15) is 5.56 Å². The van der Waals surface area contributed by atoms with Crippen LogP contribution in [-0.2, 0) is 9.59 Å². The van der Waals surface area contributed by atoms with E-state index in [1.807, 2.05) is 0 Å². The average Bonchev–Trinajstić information content (AvgIpc) is 2.34. The summed E-state index contributed by atoms with van der Waals surface area (Å²) >= 11 is 0. The monoisotopic (exact) mass is 265 g/mol. The molecule has 0 radical (unpaired) electrons. The predicted octanol–water partition coefficient (Wildman–Crippen LogP) is -1.51. The highest BCUT2D eigenvalue weighted by atomic mass is 16.6. The Balaban J connectivity index is 3.50. The van der Waals surface area contributed by atoms with Crippen LogP contribution >= 0.6 is 0 Å². The highest BCUT2D eigenvalue weighted by Crippen LogP contribution is 2.31. The molecule has 0 aromatic heterocycles. The van der Waals surface area contributed by atoms with Crippen molar-refractivity contribution in [3.63, 3.8) is 0 Å². The normalized spacial score (nSPS) is 9.53. The summed E-state index contributed by atoms with van der Waals surface area (Å²) in [5, 5.41) is 32.1. The molecule has 0 unspecified atom stereocenters. The number of carbonyl (C=O) groups excluding carboxylic acids is 2. The SMILES string of the molecule is COc1cccc(C=C(C(=O)[O-])C(=O)[O-])c1[N+](=O)[O-]. The lowest BCUT2D eigenvalue weighted by molar-refractivity contribution is -0.386. The fraction of sp³-hybridized carbons (Fsp3) is 0.0909. The van der Waals surface area contributed by atoms with Gasteiger partial charge in [0.05, 0.1) is 29.5 Å². The van der Waals surface area contributed by atoms with Crippen LogP contribution in [0.25, 0.3) is 6.08 Å². The Morgan fingerprint density at radius 1 is 1.26 bits per heavy atom. The van der Waals surface area contributed by atoms with Gasteiger partial charge >= 0.3 is 5.69 Å². The minimum absolute atomic E-state index is 0.130. The lowest BCUT2D eigenvalue weighted by Crippen LogP contribution is -2.36. The van der Waals surface area contributed by atoms with Gasteiger partial charge in [-0.15, -0.1) is 0 Å². The molecular formula is C11H7NO7-2. The minimum Gasteiger partial charge on any atom is -0.545 e. The standard InChI is InChI=1S/C11H9NO7/c1-19-8-4-2-3-6(9(8)12(17)18)5-7(10(13)14)11(15)16/h2-5H,1H3,(H,13,14)(H,15,16)/p-2. The number of nitro groups is 1. The number of carboxylic acid groups (broad SMARTS) is 2. The molecule has 0 amide bonds. The lowest BCUT2D eigenvalue weighted by Gasteiger charge is -2.10. The molecule has 0 N–H and O–H groups in total. The van der Waals surface area contributed by atoms with E-state index in [2.05, 4.69) is 0 Å². The lowest BCUT2D eigenvalue weighted by atomic mass is 10.1. The van der Waals surface area contributed by atoms with Crippen LogP contribution in [0.2, 0.25) is 0 Å². The number of nitro benzene ring substituents is 1. The number of nitrogens with zero attached hydrogens (tertiary/aromatic N) is 1. The largest absolute Gasteiger partial charge is 0.545 e. The highest BCUT2D eigenvalue weighted by Gasteiger charge is 2.19. The zero-order chi connectivity index (χ0) is 14.6. The Labute approximate surface area is 106 Å². The quantitative estimate of drug-likeness (QED) is 0.207. The summed E-state index contributed by atoms with van der Waals surface area (Å²) in [7, 11) is 1.19. The second-order valence-corrected chi connectivity index (χ2v) is 3.29. The van der Waals surface area contributed by atoms with E-state index in [4.69, 9.17) is 4.74 Å². The predicted molar refractivity (Wildman–Crippen MR) is 57.6 cm³/mol. The van der Waals surface area contributed by atoms with E-state index in [-0.39, 0.29) is 11.3 Å². The van der Waals surface area contributed by atoms with Gasteiger partial charge in [-0.3, -0.25) is 10.1 Å². The summed E-state index contributed by atoms with van der Waals surface area (Å²) in [4.78, 5) is 31.2. The van der Waals surface area contributed by atoms with E-state index >= 15 is 0 Å². The number of rotatable bonds is 5. The topological polar surface area (TPSA) is 133 Å². The number of carboxylic acids is 2. The zero-order valence-corrected chi connectivity index (χ0v) is 9.61. The third-order valence-corrected chi connectivity index (χ3v) is 2.17. The first kappa shape index (κ1) is 14.2. The Bertz CT molecular complexity index is 560. The smallest absolute Gasteiger partial charge is 0.318 e. The van der Waals surface area contributed by atoms with Gasteiger partial charge in [-0.05, 0) is 18.2 Å². The number of ether oxygens (including phenoxy) is 1. The molecule has 19 heavy (non-hydrogen) atoms. The molecule has 0 aliphatic carbocycles. The van der Waals surface area contributed by atoms with Crippen LogP contribution in [0, 0.1) is 10.1 Å². The molecule has 100 valence electrons. The number of methoxy groups -OCH3 is 1. The summed E-state index contributed by atoms with van der Waals surface area (Å²) in [5.41, 5.74) is -1.99. The highest BCUT2D eigenvalue weighted by molar-refractivity contribution is 6.14. The molecule has 0 aliphatic rings. The molecule has 1 aromatic carbocycles. The van der Waals surface area contributed by atoms with E-state index < -0.39 is 28.1 Å². The van der Waals surface area contributed by atoms with Crippen LogP contribution < -0.4 is 14.9 Å². The van der Waals surface area contributed by atoms with Gasteiger partial charge in [0.2, 0.25) is 0 Å². The first-order valence-corrected chi connectivity index (χ1v) is 4.84. The summed E-state index contributed by atoms with van der Waals surface area (Å²) < 4.78 is 4.75. The first-order chi connectivity index (χ1) is 8.88. The van der Waals surface area contributed by atoms with Gasteiger partial charge < -0.3 is 24.5 Å². The molecule has 0 atom stereocenters. The van der Waals surface area contributed by atoms with Crippen LogP contribution in [0.4, 0.5) is 5.69 Å². The maximum Gasteiger partial charge on any atom is 0.318 e. The Morgan fingerprint density at radius 3 is 2.26 bits per heavy atom. The van der Waals surface area contributed by atoms with Gasteiger partial charge in [0.25, 0.3) is 0 Å². The summed E-state index contributed by atoms with van der Waals surface area (Å²) in [6, 6.07) is 3.81. The van der Waals surface area contributed by atoms with Gasteiger partial charge in [0.1, 0.15) is 0 Å².